The van der Waals surface area contributed by atoms with Crippen molar-refractivity contribution < 1.29 is 5.11 Å². The van der Waals surface area contributed by atoms with Gasteiger partial charge in [-0.25, -0.2) is 9.97 Å². The van der Waals surface area contributed by atoms with Crippen molar-refractivity contribution in [3.05, 3.63) is 24.5 Å². The lowest BCUT2D eigenvalue weighted by molar-refractivity contribution is 0.302. The maximum absolute atomic E-state index is 9.05. The third kappa shape index (κ3) is 2.29. The highest BCUT2D eigenvalue weighted by atomic mass is 16.3. The Balaban J connectivity index is 2.55. The Bertz CT molecular complexity index is 515. The highest BCUT2D eigenvalue weighted by Gasteiger charge is 2.10. The molecule has 0 aliphatic heterocycles. The average molecular weight is 232 g/mol. The molecule has 1 heterocycles. The predicted octanol–water partition coefficient (Wildman–Crippen LogP) is 1.03. The Kier molecular flexibility index (Phi) is 3.39. The summed E-state index contributed by atoms with van der Waals surface area (Å²) in [5.41, 5.74) is 7.34. The summed E-state index contributed by atoms with van der Waals surface area (Å²) < 4.78 is 0. The minimum Gasteiger partial charge on any atom is -0.399 e. The van der Waals surface area contributed by atoms with Crippen LogP contribution in [0.4, 0.5) is 11.5 Å². The summed E-state index contributed by atoms with van der Waals surface area (Å²) in [5, 5.41) is 9.97. The molecule has 5 heteroatoms. The zero-order chi connectivity index (χ0) is 12.3. The van der Waals surface area contributed by atoms with E-state index in [4.69, 9.17) is 10.8 Å². The molecule has 0 bridgehead atoms. The Morgan fingerprint density at radius 1 is 1.35 bits per heavy atom. The number of rotatable bonds is 4. The highest BCUT2D eigenvalue weighted by Crippen LogP contribution is 2.24. The summed E-state index contributed by atoms with van der Waals surface area (Å²) in [4.78, 5) is 10.5. The van der Waals surface area contributed by atoms with E-state index in [0.717, 1.165) is 23.3 Å². The monoisotopic (exact) mass is 232 g/mol. The van der Waals surface area contributed by atoms with Gasteiger partial charge in [0.2, 0.25) is 0 Å². The summed E-state index contributed by atoms with van der Waals surface area (Å²) >= 11 is 0. The van der Waals surface area contributed by atoms with E-state index in [9.17, 15) is 0 Å². The van der Waals surface area contributed by atoms with Crippen molar-refractivity contribution in [1.82, 2.24) is 9.97 Å². The molecule has 0 fully saturated rings. The van der Waals surface area contributed by atoms with E-state index >= 15 is 0 Å². The smallest absolute Gasteiger partial charge is 0.140 e. The third-order valence-corrected chi connectivity index (χ3v) is 2.69. The van der Waals surface area contributed by atoms with E-state index in [1.165, 1.54) is 6.33 Å². The number of hydrogen-bond donors (Lipinski definition) is 2. The number of aliphatic hydroxyl groups excluding tert-OH is 1. The van der Waals surface area contributed by atoms with Crippen LogP contribution in [-0.2, 0) is 0 Å². The second-order valence-corrected chi connectivity index (χ2v) is 3.78. The maximum Gasteiger partial charge on any atom is 0.140 e. The first-order valence-corrected chi connectivity index (χ1v) is 5.62. The molecule has 5 nitrogen and oxygen atoms in total. The Morgan fingerprint density at radius 2 is 2.18 bits per heavy atom. The van der Waals surface area contributed by atoms with Gasteiger partial charge >= 0.3 is 0 Å². The van der Waals surface area contributed by atoms with Crippen LogP contribution in [0.25, 0.3) is 10.9 Å². The van der Waals surface area contributed by atoms with Crippen molar-refractivity contribution in [2.75, 3.05) is 30.3 Å². The molecule has 0 saturated carbocycles. The molecule has 1 aromatic heterocycles. The lowest BCUT2D eigenvalue weighted by atomic mass is 10.2. The number of benzene rings is 1. The lowest BCUT2D eigenvalue weighted by Gasteiger charge is -2.21. The van der Waals surface area contributed by atoms with E-state index in [-0.39, 0.29) is 6.61 Å². The van der Waals surface area contributed by atoms with Crippen molar-refractivity contribution in [2.24, 2.45) is 0 Å². The summed E-state index contributed by atoms with van der Waals surface area (Å²) in [6.45, 7) is 3.45. The number of aliphatic hydroxyl groups is 1. The van der Waals surface area contributed by atoms with Gasteiger partial charge in [0.05, 0.1) is 12.1 Å². The van der Waals surface area contributed by atoms with Crippen molar-refractivity contribution in [2.45, 2.75) is 6.92 Å². The van der Waals surface area contributed by atoms with Gasteiger partial charge in [0.1, 0.15) is 12.1 Å². The summed E-state index contributed by atoms with van der Waals surface area (Å²) in [6.07, 6.45) is 1.54. The van der Waals surface area contributed by atoms with Gasteiger partial charge in [-0.1, -0.05) is 0 Å². The molecule has 2 aromatic rings. The first kappa shape index (κ1) is 11.6. The van der Waals surface area contributed by atoms with Gasteiger partial charge in [0.15, 0.2) is 0 Å². The number of nitrogens with two attached hydrogens (primary N) is 1. The quantitative estimate of drug-likeness (QED) is 0.770. The van der Waals surface area contributed by atoms with Gasteiger partial charge in [-0.3, -0.25) is 0 Å². The Hall–Kier alpha value is -1.88. The average Bonchev–Trinajstić information content (AvgIpc) is 2.35. The fraction of sp³-hybridized carbons (Fsp3) is 0.333. The van der Waals surface area contributed by atoms with Crippen LogP contribution in [-0.4, -0.2) is 34.8 Å². The molecule has 0 unspecified atom stereocenters. The minimum absolute atomic E-state index is 0.0989. The summed E-state index contributed by atoms with van der Waals surface area (Å²) in [5.74, 6) is 0.818. The number of likely N-dealkylation sites (N-methyl/N-ethyl adjacent to an activating group) is 1. The van der Waals surface area contributed by atoms with Crippen molar-refractivity contribution >= 4 is 22.4 Å². The van der Waals surface area contributed by atoms with Gasteiger partial charge in [-0.05, 0) is 25.1 Å². The number of fused-ring (bicyclic) bond motifs is 1. The zero-order valence-electron chi connectivity index (χ0n) is 9.80. The van der Waals surface area contributed by atoms with Gasteiger partial charge in [-0.2, -0.15) is 0 Å². The normalized spacial score (nSPS) is 10.7. The molecule has 0 radical (unpaired) electrons. The lowest BCUT2D eigenvalue weighted by Crippen LogP contribution is -2.27. The minimum atomic E-state index is 0.0989. The van der Waals surface area contributed by atoms with Crippen molar-refractivity contribution in [1.29, 1.82) is 0 Å². The second kappa shape index (κ2) is 4.97. The SMILES string of the molecule is CCN(CCO)c1ncnc2ccc(N)cc12. The molecule has 0 saturated heterocycles. The van der Waals surface area contributed by atoms with E-state index < -0.39 is 0 Å². The third-order valence-electron chi connectivity index (χ3n) is 2.69. The number of hydrogen-bond acceptors (Lipinski definition) is 5. The van der Waals surface area contributed by atoms with Crippen LogP contribution < -0.4 is 10.6 Å². The Labute approximate surface area is 99.9 Å². The number of anilines is 2. The maximum atomic E-state index is 9.05. The number of aromatic nitrogens is 2. The molecular weight excluding hydrogens is 216 g/mol. The van der Waals surface area contributed by atoms with Crippen LogP contribution >= 0.6 is 0 Å². The molecule has 90 valence electrons. The summed E-state index contributed by atoms with van der Waals surface area (Å²) in [7, 11) is 0. The van der Waals surface area contributed by atoms with Crippen LogP contribution in [0.3, 0.4) is 0 Å². The fourth-order valence-corrected chi connectivity index (χ4v) is 1.85. The van der Waals surface area contributed by atoms with E-state index in [2.05, 4.69) is 9.97 Å². The molecule has 1 aromatic carbocycles. The highest BCUT2D eigenvalue weighted by molar-refractivity contribution is 5.91. The van der Waals surface area contributed by atoms with Crippen molar-refractivity contribution in [3.8, 4) is 0 Å². The molecular formula is C12H16N4O. The predicted molar refractivity (Wildman–Crippen MR) is 68.9 cm³/mol. The molecule has 0 spiro atoms. The molecule has 3 N–H and O–H groups in total. The number of nitrogens with zero attached hydrogens (tertiary/aromatic N) is 3. The molecule has 0 aliphatic carbocycles. The first-order valence-electron chi connectivity index (χ1n) is 5.62. The fourth-order valence-electron chi connectivity index (χ4n) is 1.85. The molecule has 17 heavy (non-hydrogen) atoms. The van der Waals surface area contributed by atoms with Gasteiger partial charge < -0.3 is 15.7 Å². The molecule has 2 rings (SSSR count). The van der Waals surface area contributed by atoms with Gasteiger partial charge in [-0.15, -0.1) is 0 Å². The standard InChI is InChI=1S/C12H16N4O/c1-2-16(5-6-17)12-10-7-9(13)3-4-11(10)14-8-15-12/h3-4,7-8,17H,2,5-6,13H2,1H3. The van der Waals surface area contributed by atoms with Crippen molar-refractivity contribution in [3.63, 3.8) is 0 Å². The van der Waals surface area contributed by atoms with Crippen LogP contribution in [0.5, 0.6) is 0 Å². The largest absolute Gasteiger partial charge is 0.399 e. The van der Waals surface area contributed by atoms with E-state index in [1.54, 1.807) is 0 Å². The molecule has 0 atom stereocenters. The number of nitrogen functional groups attached to an aromatic ring is 1. The topological polar surface area (TPSA) is 75.3 Å². The first-order chi connectivity index (χ1) is 8.26. The van der Waals surface area contributed by atoms with Crippen LogP contribution in [0, 0.1) is 0 Å². The summed E-state index contributed by atoms with van der Waals surface area (Å²) in [6, 6.07) is 5.56. The zero-order valence-corrected chi connectivity index (χ0v) is 9.80. The van der Waals surface area contributed by atoms with Crippen LogP contribution in [0.15, 0.2) is 24.5 Å². The van der Waals surface area contributed by atoms with Crippen LogP contribution in [0.2, 0.25) is 0 Å². The second-order valence-electron chi connectivity index (χ2n) is 3.78. The Morgan fingerprint density at radius 3 is 2.88 bits per heavy atom. The molecule has 0 amide bonds. The van der Waals surface area contributed by atoms with Crippen LogP contribution in [0.1, 0.15) is 6.92 Å². The van der Waals surface area contributed by atoms with Gasteiger partial charge in [0.25, 0.3) is 0 Å². The van der Waals surface area contributed by atoms with Gasteiger partial charge in [0, 0.05) is 24.2 Å². The van der Waals surface area contributed by atoms with E-state index in [0.29, 0.717) is 12.2 Å². The van der Waals surface area contributed by atoms with E-state index in [1.807, 2.05) is 30.0 Å². The molecule has 0 aliphatic rings.